The summed E-state index contributed by atoms with van der Waals surface area (Å²) in [5, 5.41) is 3.49. The molecule has 0 radical (unpaired) electrons. The first-order chi connectivity index (χ1) is 20.8. The number of unbranched alkanes of at least 4 members (excludes halogenated alkanes) is 1. The Bertz CT molecular complexity index is 1560. The summed E-state index contributed by atoms with van der Waals surface area (Å²) in [6.45, 7) is 7.00. The van der Waals surface area contributed by atoms with Gasteiger partial charge in [0.1, 0.15) is 12.6 Å². The van der Waals surface area contributed by atoms with Gasteiger partial charge in [-0.2, -0.15) is 0 Å². The molecule has 0 spiro atoms. The third kappa shape index (κ3) is 8.37. The minimum absolute atomic E-state index is 0.104. The number of aryl methyl sites for hydroxylation is 2. The van der Waals surface area contributed by atoms with E-state index in [4.69, 9.17) is 32.7 Å². The van der Waals surface area contributed by atoms with Crippen LogP contribution in [-0.4, -0.2) is 58.5 Å². The minimum atomic E-state index is -4.33. The standard InChI is InChI=1S/C32H39Cl2N3O6S/c1-7-8-14-35-32(39)23(4)36(19-26-27(33)10-9-11-28(26)34)31(38)20-37(24-16-21(2)15-22(3)17-24)44(40,41)25-12-13-29(42-5)30(18-25)43-6/h9-13,15-18,23H,7-8,14,19-20H2,1-6H3,(H,35,39). The largest absolute Gasteiger partial charge is 0.493 e. The number of benzene rings is 3. The van der Waals surface area contributed by atoms with Crippen LogP contribution in [0.5, 0.6) is 11.5 Å². The first-order valence-corrected chi connectivity index (χ1v) is 16.4. The molecule has 0 aliphatic heterocycles. The van der Waals surface area contributed by atoms with E-state index in [1.807, 2.05) is 26.8 Å². The molecule has 1 atom stereocenters. The molecule has 2 amide bonds. The predicted molar refractivity (Wildman–Crippen MR) is 174 cm³/mol. The van der Waals surface area contributed by atoms with Gasteiger partial charge in [0, 0.05) is 34.8 Å². The Hall–Kier alpha value is -3.47. The van der Waals surface area contributed by atoms with E-state index in [0.717, 1.165) is 28.3 Å². The van der Waals surface area contributed by atoms with Crippen LogP contribution >= 0.6 is 23.2 Å². The van der Waals surface area contributed by atoms with E-state index in [9.17, 15) is 18.0 Å². The minimum Gasteiger partial charge on any atom is -0.493 e. The van der Waals surface area contributed by atoms with Gasteiger partial charge in [0.2, 0.25) is 11.8 Å². The van der Waals surface area contributed by atoms with Crippen molar-refractivity contribution in [2.75, 3.05) is 31.6 Å². The summed E-state index contributed by atoms with van der Waals surface area (Å²) in [7, 11) is -1.47. The number of nitrogens with one attached hydrogen (secondary N) is 1. The van der Waals surface area contributed by atoms with Gasteiger partial charge in [0.15, 0.2) is 11.5 Å². The van der Waals surface area contributed by atoms with E-state index < -0.39 is 28.5 Å². The monoisotopic (exact) mass is 663 g/mol. The number of amides is 2. The quantitative estimate of drug-likeness (QED) is 0.207. The lowest BCUT2D eigenvalue weighted by Gasteiger charge is -2.32. The second-order valence-electron chi connectivity index (χ2n) is 10.4. The summed E-state index contributed by atoms with van der Waals surface area (Å²) >= 11 is 12.9. The van der Waals surface area contributed by atoms with Crippen LogP contribution in [-0.2, 0) is 26.2 Å². The number of rotatable bonds is 14. The van der Waals surface area contributed by atoms with Crippen molar-refractivity contribution in [1.82, 2.24) is 10.2 Å². The number of halogens is 2. The number of hydrogen-bond donors (Lipinski definition) is 1. The van der Waals surface area contributed by atoms with Crippen molar-refractivity contribution in [1.29, 1.82) is 0 Å². The SMILES string of the molecule is CCCCNC(=O)C(C)N(Cc1c(Cl)cccc1Cl)C(=O)CN(c1cc(C)cc(C)c1)S(=O)(=O)c1ccc(OC)c(OC)c1. The normalized spacial score (nSPS) is 11.9. The topological polar surface area (TPSA) is 105 Å². The second kappa shape index (κ2) is 15.5. The Morgan fingerprint density at radius 3 is 2.11 bits per heavy atom. The van der Waals surface area contributed by atoms with E-state index in [-0.39, 0.29) is 23.1 Å². The molecule has 238 valence electrons. The van der Waals surface area contributed by atoms with Crippen LogP contribution in [0.2, 0.25) is 10.0 Å². The molecule has 0 heterocycles. The third-order valence-electron chi connectivity index (χ3n) is 7.10. The second-order valence-corrected chi connectivity index (χ2v) is 13.1. The average Bonchev–Trinajstić information content (AvgIpc) is 2.98. The van der Waals surface area contributed by atoms with Gasteiger partial charge in [-0.3, -0.25) is 13.9 Å². The molecule has 0 fully saturated rings. The molecule has 1 unspecified atom stereocenters. The highest BCUT2D eigenvalue weighted by atomic mass is 35.5. The maximum atomic E-state index is 14.3. The van der Waals surface area contributed by atoms with Crippen LogP contribution in [0.3, 0.4) is 0 Å². The van der Waals surface area contributed by atoms with E-state index in [0.29, 0.717) is 33.6 Å². The summed E-state index contributed by atoms with van der Waals surface area (Å²) in [5.74, 6) is -0.433. The van der Waals surface area contributed by atoms with Crippen LogP contribution in [0.15, 0.2) is 59.5 Å². The zero-order valence-electron chi connectivity index (χ0n) is 25.8. The number of ether oxygens (including phenoxy) is 2. The summed E-state index contributed by atoms with van der Waals surface area (Å²) in [6, 6.07) is 13.5. The molecular weight excluding hydrogens is 625 g/mol. The summed E-state index contributed by atoms with van der Waals surface area (Å²) in [4.78, 5) is 28.6. The van der Waals surface area contributed by atoms with Crippen molar-refractivity contribution in [3.8, 4) is 11.5 Å². The van der Waals surface area contributed by atoms with Crippen molar-refractivity contribution in [2.45, 2.75) is 58.0 Å². The van der Waals surface area contributed by atoms with E-state index in [2.05, 4.69) is 5.32 Å². The van der Waals surface area contributed by atoms with Crippen LogP contribution in [0.1, 0.15) is 43.4 Å². The van der Waals surface area contributed by atoms with Crippen molar-refractivity contribution in [3.05, 3.63) is 81.3 Å². The summed E-state index contributed by atoms with van der Waals surface area (Å²) in [5.41, 5.74) is 2.35. The molecule has 0 saturated carbocycles. The number of nitrogens with zero attached hydrogens (tertiary/aromatic N) is 2. The molecule has 1 N–H and O–H groups in total. The molecule has 9 nitrogen and oxygen atoms in total. The Kier molecular flexibility index (Phi) is 12.3. The van der Waals surface area contributed by atoms with Gasteiger partial charge in [-0.15, -0.1) is 0 Å². The van der Waals surface area contributed by atoms with Crippen LogP contribution in [0.4, 0.5) is 5.69 Å². The smallest absolute Gasteiger partial charge is 0.264 e. The summed E-state index contributed by atoms with van der Waals surface area (Å²) < 4.78 is 40.2. The first-order valence-electron chi connectivity index (χ1n) is 14.2. The molecule has 3 rings (SSSR count). The molecule has 3 aromatic carbocycles. The predicted octanol–water partition coefficient (Wildman–Crippen LogP) is 6.16. The zero-order valence-corrected chi connectivity index (χ0v) is 28.1. The van der Waals surface area contributed by atoms with Crippen molar-refractivity contribution in [3.63, 3.8) is 0 Å². The Balaban J connectivity index is 2.12. The number of anilines is 1. The van der Waals surface area contributed by atoms with E-state index >= 15 is 0 Å². The van der Waals surface area contributed by atoms with Crippen LogP contribution in [0, 0.1) is 13.8 Å². The van der Waals surface area contributed by atoms with Gasteiger partial charge in [-0.25, -0.2) is 8.42 Å². The Labute approximate surface area is 270 Å². The van der Waals surface area contributed by atoms with E-state index in [1.54, 1.807) is 37.3 Å². The highest BCUT2D eigenvalue weighted by Crippen LogP contribution is 2.33. The number of carbonyl (C=O) groups is 2. The van der Waals surface area contributed by atoms with Gasteiger partial charge < -0.3 is 19.7 Å². The molecule has 0 bridgehead atoms. The molecule has 0 aliphatic carbocycles. The lowest BCUT2D eigenvalue weighted by atomic mass is 10.1. The third-order valence-corrected chi connectivity index (χ3v) is 9.58. The average molecular weight is 665 g/mol. The first kappa shape index (κ1) is 35.0. The van der Waals surface area contributed by atoms with Crippen molar-refractivity contribution in [2.24, 2.45) is 0 Å². The number of carbonyl (C=O) groups excluding carboxylic acids is 2. The Morgan fingerprint density at radius 2 is 1.55 bits per heavy atom. The highest BCUT2D eigenvalue weighted by molar-refractivity contribution is 7.92. The van der Waals surface area contributed by atoms with Crippen LogP contribution in [0.25, 0.3) is 0 Å². The Morgan fingerprint density at radius 1 is 0.932 bits per heavy atom. The van der Waals surface area contributed by atoms with Crippen LogP contribution < -0.4 is 19.1 Å². The fourth-order valence-corrected chi connectivity index (χ4v) is 6.63. The van der Waals surface area contributed by atoms with Crippen molar-refractivity contribution >= 4 is 50.7 Å². The molecule has 0 aliphatic rings. The molecule has 0 saturated heterocycles. The van der Waals surface area contributed by atoms with Gasteiger partial charge in [-0.1, -0.05) is 48.7 Å². The van der Waals surface area contributed by atoms with Gasteiger partial charge in [-0.05, 0) is 74.7 Å². The van der Waals surface area contributed by atoms with E-state index in [1.165, 1.54) is 37.3 Å². The lowest BCUT2D eigenvalue weighted by Crippen LogP contribution is -2.51. The molecule has 12 heteroatoms. The zero-order chi connectivity index (χ0) is 32.6. The highest BCUT2D eigenvalue weighted by Gasteiger charge is 2.33. The molecule has 44 heavy (non-hydrogen) atoms. The molecule has 0 aromatic heterocycles. The molecular formula is C32H39Cl2N3O6S. The number of methoxy groups -OCH3 is 2. The summed E-state index contributed by atoms with van der Waals surface area (Å²) in [6.07, 6.45) is 1.65. The maximum absolute atomic E-state index is 14.3. The fraction of sp³-hybridized carbons (Fsp3) is 0.375. The lowest BCUT2D eigenvalue weighted by molar-refractivity contribution is -0.139. The number of sulfonamides is 1. The fourth-order valence-electron chi connectivity index (χ4n) is 4.70. The van der Waals surface area contributed by atoms with Gasteiger partial charge in [0.05, 0.1) is 24.8 Å². The van der Waals surface area contributed by atoms with Gasteiger partial charge in [0.25, 0.3) is 10.0 Å². The van der Waals surface area contributed by atoms with Gasteiger partial charge >= 0.3 is 0 Å². The van der Waals surface area contributed by atoms with Crippen molar-refractivity contribution < 1.29 is 27.5 Å². The maximum Gasteiger partial charge on any atom is 0.264 e. The number of hydrogen-bond acceptors (Lipinski definition) is 6. The molecule has 3 aromatic rings.